The van der Waals surface area contributed by atoms with Gasteiger partial charge in [-0.05, 0) is 26.3 Å². The topological polar surface area (TPSA) is 58.2 Å². The smallest absolute Gasteiger partial charge is 0.214 e. The van der Waals surface area contributed by atoms with Crippen LogP contribution in [0.15, 0.2) is 0 Å². The first-order valence-electron chi connectivity index (χ1n) is 4.74. The molecule has 1 aliphatic rings. The molecule has 2 N–H and O–H groups in total. The van der Waals surface area contributed by atoms with Crippen molar-refractivity contribution in [1.29, 1.82) is 0 Å². The third-order valence-corrected chi connectivity index (χ3v) is 3.57. The molecule has 1 unspecified atom stereocenters. The van der Waals surface area contributed by atoms with Gasteiger partial charge in [0.25, 0.3) is 0 Å². The van der Waals surface area contributed by atoms with Gasteiger partial charge in [-0.3, -0.25) is 0 Å². The highest BCUT2D eigenvalue weighted by Gasteiger charge is 2.21. The lowest BCUT2D eigenvalue weighted by atomic mass is 10.3. The minimum Gasteiger partial charge on any atom is -0.313 e. The van der Waals surface area contributed by atoms with Crippen LogP contribution in [0.25, 0.3) is 0 Å². The predicted octanol–water partition coefficient (Wildman–Crippen LogP) is -0.319. The molecule has 0 amide bonds. The van der Waals surface area contributed by atoms with Crippen molar-refractivity contribution < 1.29 is 8.42 Å². The van der Waals surface area contributed by atoms with Crippen molar-refractivity contribution in [3.63, 3.8) is 0 Å². The highest BCUT2D eigenvalue weighted by Crippen LogP contribution is 2.06. The quantitative estimate of drug-likeness (QED) is 0.633. The van der Waals surface area contributed by atoms with E-state index in [0.717, 1.165) is 19.4 Å². The Morgan fingerprint density at radius 1 is 1.57 bits per heavy atom. The average Bonchev–Trinajstić information content (AvgIpc) is 2.56. The molecule has 4 nitrogen and oxygen atoms in total. The van der Waals surface area contributed by atoms with E-state index in [-0.39, 0.29) is 18.3 Å². The van der Waals surface area contributed by atoms with E-state index in [2.05, 4.69) is 21.9 Å². The van der Waals surface area contributed by atoms with Crippen molar-refractivity contribution in [1.82, 2.24) is 10.0 Å². The maximum absolute atomic E-state index is 11.4. The molecule has 1 heterocycles. The Hall–Kier alpha value is -0.570. The number of sulfonamides is 1. The van der Waals surface area contributed by atoms with Gasteiger partial charge >= 0.3 is 0 Å². The lowest BCUT2D eigenvalue weighted by Gasteiger charge is -2.10. The van der Waals surface area contributed by atoms with E-state index in [4.69, 9.17) is 0 Å². The van der Waals surface area contributed by atoms with Crippen LogP contribution in [-0.4, -0.2) is 33.3 Å². The third-order valence-electron chi connectivity index (χ3n) is 2.14. The van der Waals surface area contributed by atoms with Gasteiger partial charge in [0.15, 0.2) is 0 Å². The number of rotatable bonds is 4. The molecule has 1 saturated heterocycles. The highest BCUT2D eigenvalue weighted by molar-refractivity contribution is 7.89. The van der Waals surface area contributed by atoms with E-state index in [1.54, 1.807) is 6.92 Å². The van der Waals surface area contributed by atoms with Crippen molar-refractivity contribution in [3.8, 4) is 11.8 Å². The minimum atomic E-state index is -3.15. The van der Waals surface area contributed by atoms with Gasteiger partial charge in [0.1, 0.15) is 0 Å². The summed E-state index contributed by atoms with van der Waals surface area (Å²) in [6.07, 6.45) is 2.01. The van der Waals surface area contributed by atoms with Crippen LogP contribution in [0, 0.1) is 11.8 Å². The molecular formula is C9H16N2O2S. The van der Waals surface area contributed by atoms with Crippen molar-refractivity contribution in [3.05, 3.63) is 0 Å². The van der Waals surface area contributed by atoms with Crippen LogP contribution >= 0.6 is 0 Å². The fourth-order valence-corrected chi connectivity index (χ4v) is 2.68. The molecule has 0 saturated carbocycles. The largest absolute Gasteiger partial charge is 0.313 e. The van der Waals surface area contributed by atoms with Crippen molar-refractivity contribution in [2.24, 2.45) is 0 Å². The molecular weight excluding hydrogens is 200 g/mol. The summed E-state index contributed by atoms with van der Waals surface area (Å²) < 4.78 is 25.3. The molecule has 0 aromatic carbocycles. The SMILES string of the molecule is CC#CCNS(=O)(=O)CC1CCCN1. The number of hydrogen-bond acceptors (Lipinski definition) is 3. The van der Waals surface area contributed by atoms with E-state index in [1.165, 1.54) is 0 Å². The third kappa shape index (κ3) is 4.09. The second kappa shape index (κ2) is 5.35. The van der Waals surface area contributed by atoms with Crippen LogP contribution in [0.5, 0.6) is 0 Å². The van der Waals surface area contributed by atoms with Gasteiger partial charge in [-0.25, -0.2) is 13.1 Å². The average molecular weight is 216 g/mol. The van der Waals surface area contributed by atoms with Gasteiger partial charge in [0.05, 0.1) is 12.3 Å². The molecule has 80 valence electrons. The summed E-state index contributed by atoms with van der Waals surface area (Å²) in [5.74, 6) is 5.48. The van der Waals surface area contributed by atoms with E-state index in [0.29, 0.717) is 0 Å². The van der Waals surface area contributed by atoms with Gasteiger partial charge in [0.2, 0.25) is 10.0 Å². The number of hydrogen-bond donors (Lipinski definition) is 2. The minimum absolute atomic E-state index is 0.113. The van der Waals surface area contributed by atoms with Crippen molar-refractivity contribution in [2.75, 3.05) is 18.8 Å². The zero-order chi connectivity index (χ0) is 10.4. The first-order chi connectivity index (χ1) is 6.64. The van der Waals surface area contributed by atoms with Crippen LogP contribution < -0.4 is 10.0 Å². The van der Waals surface area contributed by atoms with Crippen LogP contribution in [0.3, 0.4) is 0 Å². The first-order valence-corrected chi connectivity index (χ1v) is 6.39. The molecule has 0 aromatic heterocycles. The fourth-order valence-electron chi connectivity index (χ4n) is 1.46. The monoisotopic (exact) mass is 216 g/mol. The van der Waals surface area contributed by atoms with Crippen LogP contribution in [-0.2, 0) is 10.0 Å². The van der Waals surface area contributed by atoms with E-state index in [1.807, 2.05) is 0 Å². The normalized spacial score (nSPS) is 21.6. The summed E-state index contributed by atoms with van der Waals surface area (Å²) in [6, 6.07) is 0.113. The van der Waals surface area contributed by atoms with E-state index in [9.17, 15) is 8.42 Å². The van der Waals surface area contributed by atoms with Gasteiger partial charge in [0, 0.05) is 6.04 Å². The molecule has 0 aromatic rings. The maximum Gasteiger partial charge on any atom is 0.214 e. The summed E-state index contributed by atoms with van der Waals surface area (Å²) >= 11 is 0. The Balaban J connectivity index is 2.35. The summed E-state index contributed by atoms with van der Waals surface area (Å²) in [7, 11) is -3.15. The zero-order valence-corrected chi connectivity index (χ0v) is 9.15. The molecule has 1 fully saturated rings. The Bertz CT molecular complexity index is 320. The van der Waals surface area contributed by atoms with Crippen molar-refractivity contribution in [2.45, 2.75) is 25.8 Å². The van der Waals surface area contributed by atoms with Gasteiger partial charge in [-0.2, -0.15) is 0 Å². The van der Waals surface area contributed by atoms with Crippen LogP contribution in [0.4, 0.5) is 0 Å². The number of nitrogens with one attached hydrogen (secondary N) is 2. The molecule has 0 spiro atoms. The maximum atomic E-state index is 11.4. The lowest BCUT2D eigenvalue weighted by Crippen LogP contribution is -2.36. The molecule has 0 radical (unpaired) electrons. The molecule has 1 aliphatic heterocycles. The van der Waals surface area contributed by atoms with E-state index < -0.39 is 10.0 Å². The van der Waals surface area contributed by atoms with Crippen molar-refractivity contribution >= 4 is 10.0 Å². The summed E-state index contributed by atoms with van der Waals surface area (Å²) in [5.41, 5.74) is 0. The Kier molecular flexibility index (Phi) is 4.39. The molecule has 0 bridgehead atoms. The van der Waals surface area contributed by atoms with Crippen LogP contribution in [0.1, 0.15) is 19.8 Å². The Morgan fingerprint density at radius 3 is 2.93 bits per heavy atom. The standard InChI is InChI=1S/C9H16N2O2S/c1-2-3-7-11-14(12,13)8-9-5-4-6-10-9/h9-11H,4-8H2,1H3. The molecule has 14 heavy (non-hydrogen) atoms. The van der Waals surface area contributed by atoms with Crippen LogP contribution in [0.2, 0.25) is 0 Å². The summed E-state index contributed by atoms with van der Waals surface area (Å²) in [6.45, 7) is 2.83. The zero-order valence-electron chi connectivity index (χ0n) is 8.34. The molecule has 1 atom stereocenters. The predicted molar refractivity (Wildman–Crippen MR) is 56.3 cm³/mol. The Morgan fingerprint density at radius 2 is 2.36 bits per heavy atom. The highest BCUT2D eigenvalue weighted by atomic mass is 32.2. The Labute approximate surface area is 85.5 Å². The van der Waals surface area contributed by atoms with Gasteiger partial charge < -0.3 is 5.32 Å². The summed E-state index contributed by atoms with van der Waals surface area (Å²) in [5, 5.41) is 3.15. The first kappa shape index (κ1) is 11.5. The molecule has 5 heteroatoms. The molecule has 1 rings (SSSR count). The second-order valence-corrected chi connectivity index (χ2v) is 5.17. The fraction of sp³-hybridized carbons (Fsp3) is 0.778. The second-order valence-electron chi connectivity index (χ2n) is 3.32. The van der Waals surface area contributed by atoms with Gasteiger partial charge in [-0.15, -0.1) is 5.92 Å². The summed E-state index contributed by atoms with van der Waals surface area (Å²) in [4.78, 5) is 0. The van der Waals surface area contributed by atoms with E-state index >= 15 is 0 Å². The molecule has 0 aliphatic carbocycles. The van der Waals surface area contributed by atoms with Gasteiger partial charge in [-0.1, -0.05) is 5.92 Å². The lowest BCUT2D eigenvalue weighted by molar-refractivity contribution is 0.567.